The molecule has 0 fully saturated rings. The number of fused-ring (bicyclic) bond motifs is 3. The average molecular weight is 480 g/mol. The number of hydrogen-bond acceptors (Lipinski definition) is 6. The number of aryl methyl sites for hydroxylation is 1. The Bertz CT molecular complexity index is 1260. The molecule has 1 aliphatic heterocycles. The van der Waals surface area contributed by atoms with Crippen LogP contribution in [0.3, 0.4) is 0 Å². The second-order valence-electron chi connectivity index (χ2n) is 9.03. The van der Waals surface area contributed by atoms with E-state index < -0.39 is 5.60 Å². The van der Waals surface area contributed by atoms with Gasteiger partial charge in [-0.15, -0.1) is 0 Å². The standard InChI is InChI=1S/C28H33NO6/c1-6-28(5)16-19(30)25-22(35-28)12-11-21-24(25)17(4)26(34-21)27(31)29-14-13-18-9-10-20(32-7-2)23(15-18)33-8-3/h9-12,15H,6-8,13-14,16H2,1-5H3,(H,29,31)/t28-/m0/s1. The van der Waals surface area contributed by atoms with Gasteiger partial charge in [-0.3, -0.25) is 9.59 Å². The second kappa shape index (κ2) is 10.0. The lowest BCUT2D eigenvalue weighted by Gasteiger charge is -2.34. The number of amides is 1. The van der Waals surface area contributed by atoms with E-state index in [-0.39, 0.29) is 17.5 Å². The van der Waals surface area contributed by atoms with Gasteiger partial charge in [0.15, 0.2) is 23.0 Å². The molecule has 1 N–H and O–H groups in total. The summed E-state index contributed by atoms with van der Waals surface area (Å²) in [6, 6.07) is 9.32. The third-order valence-corrected chi connectivity index (χ3v) is 6.49. The Hall–Kier alpha value is -3.48. The molecule has 3 aromatic rings. The molecule has 0 spiro atoms. The summed E-state index contributed by atoms with van der Waals surface area (Å²) in [6.45, 7) is 11.1. The molecule has 2 aromatic carbocycles. The van der Waals surface area contributed by atoms with E-state index in [0.29, 0.717) is 71.9 Å². The zero-order valence-corrected chi connectivity index (χ0v) is 21.1. The molecule has 186 valence electrons. The van der Waals surface area contributed by atoms with Crippen molar-refractivity contribution in [2.75, 3.05) is 19.8 Å². The Morgan fingerprint density at radius 3 is 2.54 bits per heavy atom. The van der Waals surface area contributed by atoms with E-state index in [2.05, 4.69) is 5.32 Å². The number of carbonyl (C=O) groups excluding carboxylic acids is 2. The summed E-state index contributed by atoms with van der Waals surface area (Å²) in [5.41, 5.74) is 2.17. The van der Waals surface area contributed by atoms with Gasteiger partial charge in [-0.05, 0) is 70.4 Å². The van der Waals surface area contributed by atoms with Crippen LogP contribution in [-0.2, 0) is 6.42 Å². The first-order valence-electron chi connectivity index (χ1n) is 12.2. The molecule has 0 radical (unpaired) electrons. The Kier molecular flexibility index (Phi) is 7.05. The number of nitrogens with one attached hydrogen (secondary N) is 1. The fraction of sp³-hybridized carbons (Fsp3) is 0.429. The first-order chi connectivity index (χ1) is 16.8. The van der Waals surface area contributed by atoms with Crippen molar-refractivity contribution < 1.29 is 28.2 Å². The number of rotatable bonds is 9. The Labute approximate surface area is 205 Å². The van der Waals surface area contributed by atoms with Crippen molar-refractivity contribution in [3.63, 3.8) is 0 Å². The molecule has 1 aliphatic rings. The second-order valence-corrected chi connectivity index (χ2v) is 9.03. The molecule has 7 heteroatoms. The molecule has 0 bridgehead atoms. The highest BCUT2D eigenvalue weighted by molar-refractivity contribution is 6.13. The molecule has 0 unspecified atom stereocenters. The van der Waals surface area contributed by atoms with Gasteiger partial charge in [0.1, 0.15) is 16.9 Å². The van der Waals surface area contributed by atoms with Crippen molar-refractivity contribution in [3.05, 3.63) is 52.8 Å². The van der Waals surface area contributed by atoms with Crippen LogP contribution < -0.4 is 19.5 Å². The van der Waals surface area contributed by atoms with Crippen LogP contribution in [0.1, 0.15) is 72.6 Å². The summed E-state index contributed by atoms with van der Waals surface area (Å²) in [5.74, 6) is 1.87. The monoisotopic (exact) mass is 479 g/mol. The molecule has 0 saturated carbocycles. The average Bonchev–Trinajstić information content (AvgIpc) is 3.17. The molecular formula is C28H33NO6. The van der Waals surface area contributed by atoms with Crippen LogP contribution in [0.25, 0.3) is 11.0 Å². The topological polar surface area (TPSA) is 87.0 Å². The minimum absolute atomic E-state index is 0.0117. The molecule has 7 nitrogen and oxygen atoms in total. The summed E-state index contributed by atoms with van der Waals surface area (Å²) in [4.78, 5) is 26.0. The number of carbonyl (C=O) groups is 2. The van der Waals surface area contributed by atoms with E-state index in [1.807, 2.05) is 52.8 Å². The van der Waals surface area contributed by atoms with E-state index in [4.69, 9.17) is 18.6 Å². The van der Waals surface area contributed by atoms with Crippen LogP contribution in [0.15, 0.2) is 34.7 Å². The molecule has 35 heavy (non-hydrogen) atoms. The number of benzene rings is 2. The predicted molar refractivity (Wildman–Crippen MR) is 134 cm³/mol. The van der Waals surface area contributed by atoms with Crippen molar-refractivity contribution in [1.82, 2.24) is 5.32 Å². The highest BCUT2D eigenvalue weighted by Gasteiger charge is 2.37. The maximum atomic E-state index is 13.0. The Morgan fingerprint density at radius 2 is 1.83 bits per heavy atom. The van der Waals surface area contributed by atoms with Crippen molar-refractivity contribution >= 4 is 22.7 Å². The quantitative estimate of drug-likeness (QED) is 0.427. The molecule has 2 heterocycles. The number of furan rings is 1. The molecule has 1 aromatic heterocycles. The molecule has 4 rings (SSSR count). The van der Waals surface area contributed by atoms with Crippen LogP contribution >= 0.6 is 0 Å². The van der Waals surface area contributed by atoms with Crippen molar-refractivity contribution in [1.29, 1.82) is 0 Å². The summed E-state index contributed by atoms with van der Waals surface area (Å²) >= 11 is 0. The Morgan fingerprint density at radius 1 is 1.09 bits per heavy atom. The summed E-state index contributed by atoms with van der Waals surface area (Å²) in [7, 11) is 0. The van der Waals surface area contributed by atoms with Gasteiger partial charge in [0, 0.05) is 17.5 Å². The largest absolute Gasteiger partial charge is 0.490 e. The van der Waals surface area contributed by atoms with Crippen molar-refractivity contribution in [2.24, 2.45) is 0 Å². The van der Waals surface area contributed by atoms with E-state index in [1.165, 1.54) is 0 Å². The highest BCUT2D eigenvalue weighted by Crippen LogP contribution is 2.41. The van der Waals surface area contributed by atoms with Crippen LogP contribution in [0.5, 0.6) is 17.2 Å². The lowest BCUT2D eigenvalue weighted by Crippen LogP contribution is -2.38. The SMILES string of the molecule is CCOc1ccc(CCNC(=O)c2oc3ccc4c(c3c2C)C(=O)C[C@](C)(CC)O4)cc1OCC. The fourth-order valence-corrected chi connectivity index (χ4v) is 4.48. The number of ketones is 1. The summed E-state index contributed by atoms with van der Waals surface area (Å²) < 4.78 is 23.3. The summed E-state index contributed by atoms with van der Waals surface area (Å²) in [6.07, 6.45) is 1.65. The zero-order chi connectivity index (χ0) is 25.2. The smallest absolute Gasteiger partial charge is 0.287 e. The lowest BCUT2D eigenvalue weighted by atomic mass is 9.87. The number of ether oxygens (including phenoxy) is 3. The van der Waals surface area contributed by atoms with E-state index in [0.717, 1.165) is 12.0 Å². The molecular weight excluding hydrogens is 446 g/mol. The molecule has 0 saturated heterocycles. The number of Topliss-reactive ketones (excluding diaryl/α,β-unsaturated/α-hetero) is 1. The van der Waals surface area contributed by atoms with Crippen LogP contribution in [0, 0.1) is 6.92 Å². The van der Waals surface area contributed by atoms with Gasteiger partial charge in [-0.1, -0.05) is 13.0 Å². The Balaban J connectivity index is 1.50. The minimum Gasteiger partial charge on any atom is -0.490 e. The first kappa shape index (κ1) is 24.6. The van der Waals surface area contributed by atoms with Crippen molar-refractivity contribution in [2.45, 2.75) is 59.5 Å². The zero-order valence-electron chi connectivity index (χ0n) is 21.1. The van der Waals surface area contributed by atoms with E-state index in [1.54, 1.807) is 12.1 Å². The third-order valence-electron chi connectivity index (χ3n) is 6.49. The maximum Gasteiger partial charge on any atom is 0.287 e. The first-order valence-corrected chi connectivity index (χ1v) is 12.2. The molecule has 0 aliphatic carbocycles. The molecule has 1 amide bonds. The minimum atomic E-state index is -0.515. The third kappa shape index (κ3) is 4.85. The fourth-order valence-electron chi connectivity index (χ4n) is 4.48. The lowest BCUT2D eigenvalue weighted by molar-refractivity contribution is 0.0503. The van der Waals surface area contributed by atoms with Gasteiger partial charge in [0.05, 0.1) is 25.2 Å². The van der Waals surface area contributed by atoms with Crippen LogP contribution in [0.2, 0.25) is 0 Å². The van der Waals surface area contributed by atoms with Gasteiger partial charge in [0.2, 0.25) is 0 Å². The van der Waals surface area contributed by atoms with E-state index in [9.17, 15) is 9.59 Å². The van der Waals surface area contributed by atoms with Crippen LogP contribution in [0.4, 0.5) is 0 Å². The van der Waals surface area contributed by atoms with Gasteiger partial charge in [0.25, 0.3) is 5.91 Å². The molecule has 1 atom stereocenters. The van der Waals surface area contributed by atoms with Gasteiger partial charge < -0.3 is 23.9 Å². The van der Waals surface area contributed by atoms with Gasteiger partial charge in [-0.2, -0.15) is 0 Å². The van der Waals surface area contributed by atoms with Crippen molar-refractivity contribution in [3.8, 4) is 17.2 Å². The normalized spacial score (nSPS) is 17.1. The van der Waals surface area contributed by atoms with Crippen LogP contribution in [-0.4, -0.2) is 37.0 Å². The van der Waals surface area contributed by atoms with Gasteiger partial charge >= 0.3 is 0 Å². The van der Waals surface area contributed by atoms with E-state index >= 15 is 0 Å². The van der Waals surface area contributed by atoms with Gasteiger partial charge in [-0.25, -0.2) is 0 Å². The highest BCUT2D eigenvalue weighted by atomic mass is 16.5. The number of hydrogen-bond donors (Lipinski definition) is 1. The summed E-state index contributed by atoms with van der Waals surface area (Å²) in [5, 5.41) is 3.59. The maximum absolute atomic E-state index is 13.0. The predicted octanol–water partition coefficient (Wildman–Crippen LogP) is 5.65.